The zero-order valence-corrected chi connectivity index (χ0v) is 18.0. The second-order valence-electron chi connectivity index (χ2n) is 8.08. The van der Waals surface area contributed by atoms with E-state index in [0.29, 0.717) is 0 Å². The first-order valence-electron chi connectivity index (χ1n) is 9.02. The molecule has 0 bridgehead atoms. The van der Waals surface area contributed by atoms with Crippen molar-refractivity contribution in [3.8, 4) is 22.4 Å². The summed E-state index contributed by atoms with van der Waals surface area (Å²) >= 11 is 3.78. The SMILES string of the molecule is Cc1cc(C)c(Br)c(-c2ccc(-c3cc(C(C)(C)C)ccn3)cc2)c1C. The summed E-state index contributed by atoms with van der Waals surface area (Å²) in [5.74, 6) is 0. The Labute approximate surface area is 165 Å². The average molecular weight is 408 g/mol. The molecule has 3 aromatic rings. The van der Waals surface area contributed by atoms with Crippen molar-refractivity contribution in [2.75, 3.05) is 0 Å². The first-order valence-corrected chi connectivity index (χ1v) is 9.81. The van der Waals surface area contributed by atoms with E-state index in [0.717, 1.165) is 11.3 Å². The van der Waals surface area contributed by atoms with Crippen molar-refractivity contribution in [2.45, 2.75) is 47.0 Å². The number of hydrogen-bond acceptors (Lipinski definition) is 1. The molecular formula is C24H26BrN. The molecule has 0 aliphatic carbocycles. The van der Waals surface area contributed by atoms with Crippen molar-refractivity contribution in [1.82, 2.24) is 4.98 Å². The highest BCUT2D eigenvalue weighted by atomic mass is 79.9. The second kappa shape index (κ2) is 7.00. The van der Waals surface area contributed by atoms with Gasteiger partial charge in [0.2, 0.25) is 0 Å². The van der Waals surface area contributed by atoms with E-state index in [1.54, 1.807) is 0 Å². The van der Waals surface area contributed by atoms with Gasteiger partial charge in [0.25, 0.3) is 0 Å². The lowest BCUT2D eigenvalue weighted by atomic mass is 9.87. The molecule has 134 valence electrons. The van der Waals surface area contributed by atoms with Crippen molar-refractivity contribution >= 4 is 15.9 Å². The Balaban J connectivity index is 2.04. The lowest BCUT2D eigenvalue weighted by molar-refractivity contribution is 0.589. The van der Waals surface area contributed by atoms with Crippen LogP contribution in [0.4, 0.5) is 0 Å². The molecule has 0 amide bonds. The molecule has 0 unspecified atom stereocenters. The quantitative estimate of drug-likeness (QED) is 0.430. The zero-order chi connectivity index (χ0) is 19.1. The van der Waals surface area contributed by atoms with E-state index in [9.17, 15) is 0 Å². The molecule has 0 fully saturated rings. The lowest BCUT2D eigenvalue weighted by Gasteiger charge is -2.19. The molecule has 2 heteroatoms. The van der Waals surface area contributed by atoms with Gasteiger partial charge in [-0.25, -0.2) is 0 Å². The van der Waals surface area contributed by atoms with Gasteiger partial charge in [0.15, 0.2) is 0 Å². The summed E-state index contributed by atoms with van der Waals surface area (Å²) in [5.41, 5.74) is 10.0. The van der Waals surface area contributed by atoms with Crippen LogP contribution in [0.2, 0.25) is 0 Å². The minimum atomic E-state index is 0.124. The van der Waals surface area contributed by atoms with E-state index in [1.807, 2.05) is 6.20 Å². The molecule has 0 aliphatic heterocycles. The molecule has 0 N–H and O–H groups in total. The number of benzene rings is 2. The smallest absolute Gasteiger partial charge is 0.0704 e. The Bertz CT molecular complexity index is 921. The van der Waals surface area contributed by atoms with Crippen LogP contribution in [0.1, 0.15) is 43.0 Å². The largest absolute Gasteiger partial charge is 0.256 e. The fraction of sp³-hybridized carbons (Fsp3) is 0.292. The van der Waals surface area contributed by atoms with Crippen molar-refractivity contribution in [3.05, 3.63) is 75.4 Å². The summed E-state index contributed by atoms with van der Waals surface area (Å²) in [6.45, 7) is 13.2. The second-order valence-corrected chi connectivity index (χ2v) is 8.87. The van der Waals surface area contributed by atoms with Gasteiger partial charge in [-0.3, -0.25) is 4.98 Å². The van der Waals surface area contributed by atoms with Crippen LogP contribution in [0.15, 0.2) is 53.1 Å². The van der Waals surface area contributed by atoms with E-state index >= 15 is 0 Å². The van der Waals surface area contributed by atoms with Gasteiger partial charge in [0.1, 0.15) is 0 Å². The highest BCUT2D eigenvalue weighted by Gasteiger charge is 2.15. The van der Waals surface area contributed by atoms with Crippen LogP contribution in [-0.4, -0.2) is 4.98 Å². The summed E-state index contributed by atoms with van der Waals surface area (Å²) in [6.07, 6.45) is 1.91. The summed E-state index contributed by atoms with van der Waals surface area (Å²) in [5, 5.41) is 0. The van der Waals surface area contributed by atoms with E-state index in [2.05, 4.69) is 105 Å². The molecule has 2 aromatic carbocycles. The predicted octanol–water partition coefficient (Wildman–Crippen LogP) is 7.40. The molecule has 0 spiro atoms. The summed E-state index contributed by atoms with van der Waals surface area (Å²) < 4.78 is 1.18. The first-order chi connectivity index (χ1) is 12.2. The summed E-state index contributed by atoms with van der Waals surface area (Å²) in [4.78, 5) is 4.58. The van der Waals surface area contributed by atoms with Gasteiger partial charge in [-0.15, -0.1) is 0 Å². The van der Waals surface area contributed by atoms with Crippen LogP contribution in [0.3, 0.4) is 0 Å². The Kier molecular flexibility index (Phi) is 5.07. The molecule has 1 nitrogen and oxygen atoms in total. The molecule has 0 aliphatic rings. The average Bonchev–Trinajstić information content (AvgIpc) is 2.60. The molecule has 1 heterocycles. The third-order valence-corrected chi connectivity index (χ3v) is 6.08. The third-order valence-electron chi connectivity index (χ3n) is 5.06. The topological polar surface area (TPSA) is 12.9 Å². The molecular weight excluding hydrogens is 382 g/mol. The van der Waals surface area contributed by atoms with Crippen molar-refractivity contribution in [2.24, 2.45) is 0 Å². The molecule has 0 saturated heterocycles. The maximum atomic E-state index is 4.58. The van der Waals surface area contributed by atoms with Crippen molar-refractivity contribution in [1.29, 1.82) is 0 Å². The maximum Gasteiger partial charge on any atom is 0.0704 e. The minimum absolute atomic E-state index is 0.124. The third kappa shape index (κ3) is 3.61. The van der Waals surface area contributed by atoms with E-state index < -0.39 is 0 Å². The highest BCUT2D eigenvalue weighted by Crippen LogP contribution is 2.36. The van der Waals surface area contributed by atoms with Crippen LogP contribution in [0.5, 0.6) is 0 Å². The number of hydrogen-bond donors (Lipinski definition) is 0. The molecule has 0 radical (unpaired) electrons. The first kappa shape index (κ1) is 18.8. The van der Waals surface area contributed by atoms with Crippen molar-refractivity contribution < 1.29 is 0 Å². The van der Waals surface area contributed by atoms with Gasteiger partial charge in [-0.2, -0.15) is 0 Å². The van der Waals surface area contributed by atoms with E-state index in [-0.39, 0.29) is 5.41 Å². The molecule has 1 aromatic heterocycles. The number of halogens is 1. The van der Waals surface area contributed by atoms with Crippen LogP contribution in [-0.2, 0) is 5.41 Å². The Hall–Kier alpha value is -1.93. The maximum absolute atomic E-state index is 4.58. The van der Waals surface area contributed by atoms with Crippen LogP contribution in [0.25, 0.3) is 22.4 Å². The monoisotopic (exact) mass is 407 g/mol. The number of nitrogens with zero attached hydrogens (tertiary/aromatic N) is 1. The van der Waals surface area contributed by atoms with Crippen LogP contribution in [0, 0.1) is 20.8 Å². The normalized spacial score (nSPS) is 11.7. The number of pyridine rings is 1. The number of rotatable bonds is 2. The Morgan fingerprint density at radius 2 is 1.42 bits per heavy atom. The van der Waals surface area contributed by atoms with Gasteiger partial charge in [-0.1, -0.05) is 51.1 Å². The van der Waals surface area contributed by atoms with Gasteiger partial charge >= 0.3 is 0 Å². The van der Waals surface area contributed by atoms with Gasteiger partial charge in [0.05, 0.1) is 5.69 Å². The fourth-order valence-electron chi connectivity index (χ4n) is 3.26. The van der Waals surface area contributed by atoms with Gasteiger partial charge in [-0.05, 0) is 87.6 Å². The fourth-order valence-corrected chi connectivity index (χ4v) is 3.90. The number of aromatic nitrogens is 1. The van der Waals surface area contributed by atoms with Gasteiger partial charge in [0, 0.05) is 16.2 Å². The standard InChI is InChI=1S/C24H26BrN/c1-15-13-16(2)23(25)22(17(15)3)19-9-7-18(8-10-19)21-14-20(11-12-26-21)24(4,5)6/h7-14H,1-6H3. The Morgan fingerprint density at radius 3 is 2.04 bits per heavy atom. The zero-order valence-electron chi connectivity index (χ0n) is 16.4. The lowest BCUT2D eigenvalue weighted by Crippen LogP contribution is -2.11. The van der Waals surface area contributed by atoms with Crippen molar-refractivity contribution in [3.63, 3.8) is 0 Å². The summed E-state index contributed by atoms with van der Waals surface area (Å²) in [6, 6.07) is 15.3. The van der Waals surface area contributed by atoms with Crippen LogP contribution < -0.4 is 0 Å². The van der Waals surface area contributed by atoms with E-state index in [1.165, 1.54) is 37.9 Å². The summed E-state index contributed by atoms with van der Waals surface area (Å²) in [7, 11) is 0. The molecule has 26 heavy (non-hydrogen) atoms. The van der Waals surface area contributed by atoms with Crippen LogP contribution >= 0.6 is 15.9 Å². The predicted molar refractivity (Wildman–Crippen MR) is 116 cm³/mol. The minimum Gasteiger partial charge on any atom is -0.256 e. The van der Waals surface area contributed by atoms with E-state index in [4.69, 9.17) is 0 Å². The number of aryl methyl sites for hydroxylation is 2. The molecule has 0 saturated carbocycles. The highest BCUT2D eigenvalue weighted by molar-refractivity contribution is 9.10. The molecule has 0 atom stereocenters. The molecule has 3 rings (SSSR count). The Morgan fingerprint density at radius 1 is 0.808 bits per heavy atom. The van der Waals surface area contributed by atoms with Gasteiger partial charge < -0.3 is 0 Å².